The van der Waals surface area contributed by atoms with Crippen molar-refractivity contribution in [3.8, 4) is 6.07 Å². The first-order chi connectivity index (χ1) is 12.3. The fourth-order valence-corrected chi connectivity index (χ4v) is 2.78. The third kappa shape index (κ3) is 3.62. The van der Waals surface area contributed by atoms with Crippen molar-refractivity contribution < 1.29 is 4.74 Å². The maximum atomic E-state index is 9.32. The molecule has 1 aliphatic heterocycles. The highest BCUT2D eigenvalue weighted by molar-refractivity contribution is 5.75. The molecule has 128 valence electrons. The summed E-state index contributed by atoms with van der Waals surface area (Å²) in [6.07, 6.45) is 9.97. The number of anilines is 1. The molecule has 0 unspecified atom stereocenters. The summed E-state index contributed by atoms with van der Waals surface area (Å²) in [6, 6.07) is 5.86. The summed E-state index contributed by atoms with van der Waals surface area (Å²) in [5.41, 5.74) is 2.89. The van der Waals surface area contributed by atoms with Crippen LogP contribution in [0.3, 0.4) is 0 Å². The van der Waals surface area contributed by atoms with Gasteiger partial charge < -0.3 is 9.64 Å². The van der Waals surface area contributed by atoms with Crippen molar-refractivity contribution in [3.05, 3.63) is 53.9 Å². The van der Waals surface area contributed by atoms with Crippen molar-refractivity contribution >= 4 is 17.0 Å². The molecule has 0 saturated carbocycles. The molecule has 3 heterocycles. The molecule has 1 aliphatic rings. The fourth-order valence-electron chi connectivity index (χ4n) is 2.78. The van der Waals surface area contributed by atoms with Gasteiger partial charge in [0, 0.05) is 30.8 Å². The Labute approximate surface area is 147 Å². The number of nitrogens with zero attached hydrogens (tertiary/aromatic N) is 5. The van der Waals surface area contributed by atoms with Gasteiger partial charge in [-0.15, -0.1) is 0 Å². The highest BCUT2D eigenvalue weighted by Gasteiger charge is 2.18. The van der Waals surface area contributed by atoms with Crippen LogP contribution >= 0.6 is 0 Å². The largest absolute Gasteiger partial charge is 0.378 e. The summed E-state index contributed by atoms with van der Waals surface area (Å²) in [6.45, 7) is 6.84. The molecular formula is C19H21N5O. The van der Waals surface area contributed by atoms with Crippen molar-refractivity contribution in [3.63, 3.8) is 0 Å². The Morgan fingerprint density at radius 3 is 2.72 bits per heavy atom. The van der Waals surface area contributed by atoms with Gasteiger partial charge in [-0.05, 0) is 13.8 Å². The van der Waals surface area contributed by atoms with Crippen LogP contribution in [0.15, 0.2) is 42.5 Å². The molecule has 1 saturated heterocycles. The molecule has 2 aromatic heterocycles. The van der Waals surface area contributed by atoms with Crippen LogP contribution < -0.4 is 4.90 Å². The second-order valence-corrected chi connectivity index (χ2v) is 5.66. The Hall–Kier alpha value is -2.91. The Bertz CT molecular complexity index is 879. The molecule has 0 atom stereocenters. The molecule has 1 fully saturated rings. The number of hydrogen-bond acceptors (Lipinski definition) is 5. The van der Waals surface area contributed by atoms with E-state index < -0.39 is 0 Å². The van der Waals surface area contributed by atoms with Gasteiger partial charge in [-0.2, -0.15) is 14.9 Å². The molecule has 3 rings (SSSR count). The van der Waals surface area contributed by atoms with Gasteiger partial charge in [0.15, 0.2) is 5.65 Å². The maximum Gasteiger partial charge on any atom is 0.159 e. The van der Waals surface area contributed by atoms with Crippen LogP contribution in [0.1, 0.15) is 25.2 Å². The first-order valence-corrected chi connectivity index (χ1v) is 8.36. The van der Waals surface area contributed by atoms with Gasteiger partial charge in [0.05, 0.1) is 18.9 Å². The van der Waals surface area contributed by atoms with Crippen LogP contribution in [-0.2, 0) is 4.74 Å². The van der Waals surface area contributed by atoms with Crippen LogP contribution in [0, 0.1) is 11.3 Å². The van der Waals surface area contributed by atoms with Gasteiger partial charge in [-0.3, -0.25) is 0 Å². The lowest BCUT2D eigenvalue weighted by Crippen LogP contribution is -2.37. The first kappa shape index (κ1) is 16.9. The predicted molar refractivity (Wildman–Crippen MR) is 98.3 cm³/mol. The number of fused-ring (bicyclic) bond motifs is 1. The number of aromatic nitrogens is 3. The lowest BCUT2D eigenvalue weighted by molar-refractivity contribution is 0.122. The summed E-state index contributed by atoms with van der Waals surface area (Å²) < 4.78 is 7.25. The Kier molecular flexibility index (Phi) is 5.26. The third-order valence-corrected chi connectivity index (χ3v) is 3.97. The summed E-state index contributed by atoms with van der Waals surface area (Å²) in [4.78, 5) is 6.59. The van der Waals surface area contributed by atoms with Gasteiger partial charge in [-0.1, -0.05) is 30.4 Å². The lowest BCUT2D eigenvalue weighted by atomic mass is 10.1. The zero-order valence-corrected chi connectivity index (χ0v) is 14.5. The van der Waals surface area contributed by atoms with Gasteiger partial charge in [0.2, 0.25) is 0 Å². The van der Waals surface area contributed by atoms with E-state index in [1.165, 1.54) is 0 Å². The van der Waals surface area contributed by atoms with Gasteiger partial charge in [0.1, 0.15) is 17.6 Å². The van der Waals surface area contributed by atoms with Crippen molar-refractivity contribution in [2.24, 2.45) is 0 Å². The molecular weight excluding hydrogens is 314 g/mol. The highest BCUT2D eigenvalue weighted by Crippen LogP contribution is 2.23. The summed E-state index contributed by atoms with van der Waals surface area (Å²) in [5, 5.41) is 14.1. The Morgan fingerprint density at radius 2 is 2.04 bits per heavy atom. The number of morpholine rings is 1. The van der Waals surface area contributed by atoms with Crippen molar-refractivity contribution in [1.29, 1.82) is 5.26 Å². The van der Waals surface area contributed by atoms with E-state index in [1.54, 1.807) is 6.07 Å². The average molecular weight is 335 g/mol. The number of rotatable bonds is 4. The summed E-state index contributed by atoms with van der Waals surface area (Å²) in [5.74, 6) is 0.877. The molecule has 6 nitrogen and oxygen atoms in total. The van der Waals surface area contributed by atoms with Crippen molar-refractivity contribution in [1.82, 2.24) is 14.6 Å². The second kappa shape index (κ2) is 7.77. The van der Waals surface area contributed by atoms with Crippen LogP contribution in [0.25, 0.3) is 11.2 Å². The average Bonchev–Trinajstić information content (AvgIpc) is 3.08. The van der Waals surface area contributed by atoms with Crippen LogP contribution in [0.2, 0.25) is 0 Å². The zero-order valence-electron chi connectivity index (χ0n) is 14.5. The number of ether oxygens (including phenoxy) is 1. The standard InChI is InChI=1S/C19H21N5O/c1-3-5-7-15(6-4-2)17-13-18-21-16(14-20)12-19(24(18)22-17)23-8-10-25-11-9-23/h3-7,12-13H,8-11H2,1-2H3/b5-3+,6-4-,15-7+. The van der Waals surface area contributed by atoms with Crippen LogP contribution in [0.4, 0.5) is 5.82 Å². The highest BCUT2D eigenvalue weighted by atomic mass is 16.5. The molecule has 0 spiro atoms. The van der Waals surface area contributed by atoms with Crippen molar-refractivity contribution in [2.75, 3.05) is 31.2 Å². The minimum atomic E-state index is 0.394. The fraction of sp³-hybridized carbons (Fsp3) is 0.316. The molecule has 0 aromatic carbocycles. The number of nitriles is 1. The third-order valence-electron chi connectivity index (χ3n) is 3.97. The molecule has 0 aliphatic carbocycles. The molecule has 0 bridgehead atoms. The van der Waals surface area contributed by atoms with Gasteiger partial charge >= 0.3 is 0 Å². The lowest BCUT2D eigenvalue weighted by Gasteiger charge is -2.28. The van der Waals surface area contributed by atoms with E-state index in [4.69, 9.17) is 9.84 Å². The Morgan fingerprint density at radius 1 is 1.24 bits per heavy atom. The van der Waals surface area contributed by atoms with E-state index in [2.05, 4.69) is 16.0 Å². The number of allylic oxidation sites excluding steroid dienone is 6. The smallest absolute Gasteiger partial charge is 0.159 e. The van der Waals surface area contributed by atoms with Gasteiger partial charge in [0.25, 0.3) is 0 Å². The molecule has 6 heteroatoms. The zero-order chi connectivity index (χ0) is 17.6. The van der Waals surface area contributed by atoms with Crippen LogP contribution in [-0.4, -0.2) is 40.9 Å². The molecule has 0 N–H and O–H groups in total. The van der Waals surface area contributed by atoms with E-state index in [-0.39, 0.29) is 0 Å². The Balaban J connectivity index is 2.13. The van der Waals surface area contributed by atoms with Crippen LogP contribution in [0.5, 0.6) is 0 Å². The molecule has 0 radical (unpaired) electrons. The minimum Gasteiger partial charge on any atom is -0.378 e. The molecule has 0 amide bonds. The SMILES string of the molecule is C\C=C/C(=C\C=C\C)c1cc2nc(C#N)cc(N3CCOCC3)n2n1. The van der Waals surface area contributed by atoms with E-state index in [0.717, 1.165) is 30.2 Å². The first-order valence-electron chi connectivity index (χ1n) is 8.36. The normalized spacial score (nSPS) is 16.2. The minimum absolute atomic E-state index is 0.394. The molecule has 2 aromatic rings. The topological polar surface area (TPSA) is 66.5 Å². The predicted octanol–water partition coefficient (Wildman–Crippen LogP) is 2.97. The quantitative estimate of drug-likeness (QED) is 0.804. The maximum absolute atomic E-state index is 9.32. The van der Waals surface area contributed by atoms with E-state index in [0.29, 0.717) is 24.6 Å². The monoisotopic (exact) mass is 335 g/mol. The van der Waals surface area contributed by atoms with E-state index >= 15 is 0 Å². The van der Waals surface area contributed by atoms with E-state index in [9.17, 15) is 5.26 Å². The number of hydrogen-bond donors (Lipinski definition) is 0. The summed E-state index contributed by atoms with van der Waals surface area (Å²) >= 11 is 0. The van der Waals surface area contributed by atoms with E-state index in [1.807, 2.05) is 54.8 Å². The van der Waals surface area contributed by atoms with Gasteiger partial charge in [-0.25, -0.2) is 4.98 Å². The second-order valence-electron chi connectivity index (χ2n) is 5.66. The summed E-state index contributed by atoms with van der Waals surface area (Å²) in [7, 11) is 0. The molecule has 25 heavy (non-hydrogen) atoms. The van der Waals surface area contributed by atoms with Crippen molar-refractivity contribution in [2.45, 2.75) is 13.8 Å².